The molecule has 3 aromatic rings. The van der Waals surface area contributed by atoms with Crippen molar-refractivity contribution in [1.82, 2.24) is 4.98 Å². The van der Waals surface area contributed by atoms with Gasteiger partial charge >= 0.3 is 0 Å². The number of rotatable bonds is 3. The quantitative estimate of drug-likeness (QED) is 0.605. The monoisotopic (exact) mass is 347 g/mol. The summed E-state index contributed by atoms with van der Waals surface area (Å²) in [6, 6.07) is 15.9. The number of aromatic nitrogens is 1. The number of fused-ring (bicyclic) bond motifs is 1. The molecule has 1 aromatic heterocycles. The van der Waals surface area contributed by atoms with Gasteiger partial charge in [-0.25, -0.2) is 4.98 Å². The molecule has 0 unspecified atom stereocenters. The van der Waals surface area contributed by atoms with Gasteiger partial charge in [-0.1, -0.05) is 48.0 Å². The van der Waals surface area contributed by atoms with Crippen LogP contribution in [0.1, 0.15) is 5.56 Å². The van der Waals surface area contributed by atoms with Gasteiger partial charge in [-0.05, 0) is 38.8 Å². The molecule has 0 atom stereocenters. The maximum atomic E-state index is 5.84. The SMILES string of the molecule is Clc1ccc(COc2ccc3ccccc3c2Br)cn1. The molecule has 0 aliphatic carbocycles. The van der Waals surface area contributed by atoms with Crippen molar-refractivity contribution in [3.05, 3.63) is 69.9 Å². The molecule has 0 aliphatic rings. The van der Waals surface area contributed by atoms with Gasteiger partial charge in [0.2, 0.25) is 0 Å². The van der Waals surface area contributed by atoms with Crippen LogP contribution < -0.4 is 4.74 Å². The first kappa shape index (κ1) is 13.4. The first-order valence-electron chi connectivity index (χ1n) is 6.14. The highest BCUT2D eigenvalue weighted by Crippen LogP contribution is 2.33. The van der Waals surface area contributed by atoms with Crippen LogP contribution in [-0.2, 0) is 6.61 Å². The molecular formula is C16H11BrClNO. The highest BCUT2D eigenvalue weighted by molar-refractivity contribution is 9.10. The van der Waals surface area contributed by atoms with Crippen LogP contribution in [0, 0.1) is 0 Å². The average Bonchev–Trinajstić information content (AvgIpc) is 2.49. The van der Waals surface area contributed by atoms with E-state index in [4.69, 9.17) is 16.3 Å². The van der Waals surface area contributed by atoms with E-state index in [-0.39, 0.29) is 0 Å². The van der Waals surface area contributed by atoms with Crippen molar-refractivity contribution >= 4 is 38.3 Å². The van der Waals surface area contributed by atoms with Gasteiger partial charge in [0.1, 0.15) is 17.5 Å². The van der Waals surface area contributed by atoms with E-state index in [0.29, 0.717) is 11.8 Å². The van der Waals surface area contributed by atoms with E-state index in [9.17, 15) is 0 Å². The Labute approximate surface area is 130 Å². The fourth-order valence-electron chi connectivity index (χ4n) is 1.98. The van der Waals surface area contributed by atoms with Crippen LogP contribution in [-0.4, -0.2) is 4.98 Å². The highest BCUT2D eigenvalue weighted by Gasteiger charge is 2.06. The van der Waals surface area contributed by atoms with Crippen LogP contribution in [0.3, 0.4) is 0 Å². The number of hydrogen-bond donors (Lipinski definition) is 0. The molecule has 20 heavy (non-hydrogen) atoms. The third kappa shape index (κ3) is 2.79. The third-order valence-electron chi connectivity index (χ3n) is 3.01. The second-order valence-electron chi connectivity index (χ2n) is 4.38. The number of benzene rings is 2. The molecule has 0 amide bonds. The van der Waals surface area contributed by atoms with Crippen molar-refractivity contribution in [3.8, 4) is 5.75 Å². The van der Waals surface area contributed by atoms with Crippen LogP contribution in [0.25, 0.3) is 10.8 Å². The summed E-state index contributed by atoms with van der Waals surface area (Å²) in [5.74, 6) is 0.818. The van der Waals surface area contributed by atoms with E-state index in [0.717, 1.165) is 21.2 Å². The number of ether oxygens (including phenoxy) is 1. The number of nitrogens with zero attached hydrogens (tertiary/aromatic N) is 1. The molecule has 0 fully saturated rings. The molecule has 1 heterocycles. The Bertz CT molecular complexity index is 743. The van der Waals surface area contributed by atoms with E-state index >= 15 is 0 Å². The molecular weight excluding hydrogens is 338 g/mol. The van der Waals surface area contributed by atoms with Crippen LogP contribution in [0.15, 0.2) is 59.2 Å². The molecule has 100 valence electrons. The van der Waals surface area contributed by atoms with Crippen LogP contribution in [0.2, 0.25) is 5.15 Å². The summed E-state index contributed by atoms with van der Waals surface area (Å²) in [6.45, 7) is 0.459. The van der Waals surface area contributed by atoms with Gasteiger partial charge in [0.05, 0.1) is 4.47 Å². The molecule has 0 saturated carbocycles. The van der Waals surface area contributed by atoms with E-state index in [1.54, 1.807) is 12.3 Å². The van der Waals surface area contributed by atoms with Crippen LogP contribution >= 0.6 is 27.5 Å². The largest absolute Gasteiger partial charge is 0.488 e. The van der Waals surface area contributed by atoms with Gasteiger partial charge in [-0.3, -0.25) is 0 Å². The summed E-state index contributed by atoms with van der Waals surface area (Å²) in [4.78, 5) is 4.04. The number of hydrogen-bond acceptors (Lipinski definition) is 2. The minimum absolute atomic E-state index is 0.459. The standard InChI is InChI=1S/C16H11BrClNO/c17-16-13-4-2-1-3-12(13)6-7-14(16)20-10-11-5-8-15(18)19-9-11/h1-9H,10H2. The fourth-order valence-corrected chi connectivity index (χ4v) is 2.70. The topological polar surface area (TPSA) is 22.1 Å². The van der Waals surface area contributed by atoms with Gasteiger partial charge in [-0.15, -0.1) is 0 Å². The predicted molar refractivity (Wildman–Crippen MR) is 85.2 cm³/mol. The second-order valence-corrected chi connectivity index (χ2v) is 5.56. The summed E-state index contributed by atoms with van der Waals surface area (Å²) >= 11 is 9.37. The molecule has 0 spiro atoms. The lowest BCUT2D eigenvalue weighted by Gasteiger charge is -2.10. The Balaban J connectivity index is 1.84. The van der Waals surface area contributed by atoms with E-state index < -0.39 is 0 Å². The first-order chi connectivity index (χ1) is 9.74. The first-order valence-corrected chi connectivity index (χ1v) is 7.31. The number of pyridine rings is 1. The zero-order chi connectivity index (χ0) is 13.9. The smallest absolute Gasteiger partial charge is 0.134 e. The molecule has 0 aliphatic heterocycles. The lowest BCUT2D eigenvalue weighted by atomic mass is 10.1. The molecule has 0 saturated heterocycles. The van der Waals surface area contributed by atoms with Gasteiger partial charge in [0.15, 0.2) is 0 Å². The number of halogens is 2. The molecule has 0 radical (unpaired) electrons. The van der Waals surface area contributed by atoms with Crippen molar-refractivity contribution in [1.29, 1.82) is 0 Å². The van der Waals surface area contributed by atoms with Crippen LogP contribution in [0.5, 0.6) is 5.75 Å². The van der Waals surface area contributed by atoms with Crippen molar-refractivity contribution < 1.29 is 4.74 Å². The Morgan fingerprint density at radius 2 is 1.90 bits per heavy atom. The maximum absolute atomic E-state index is 5.84. The molecule has 2 aromatic carbocycles. The van der Waals surface area contributed by atoms with Crippen molar-refractivity contribution in [3.63, 3.8) is 0 Å². The third-order valence-corrected chi connectivity index (χ3v) is 4.05. The Hall–Kier alpha value is -1.58. The summed E-state index contributed by atoms with van der Waals surface area (Å²) in [7, 11) is 0. The van der Waals surface area contributed by atoms with E-state index in [2.05, 4.69) is 39.1 Å². The Morgan fingerprint density at radius 1 is 1.05 bits per heavy atom. The summed E-state index contributed by atoms with van der Waals surface area (Å²) in [6.07, 6.45) is 1.72. The predicted octanol–water partition coefficient (Wildman–Crippen LogP) is 5.23. The van der Waals surface area contributed by atoms with Crippen molar-refractivity contribution in [2.24, 2.45) is 0 Å². The Kier molecular flexibility index (Phi) is 3.90. The zero-order valence-corrected chi connectivity index (χ0v) is 12.9. The van der Waals surface area contributed by atoms with Gasteiger partial charge in [-0.2, -0.15) is 0 Å². The summed E-state index contributed by atoms with van der Waals surface area (Å²) in [5, 5.41) is 2.81. The maximum Gasteiger partial charge on any atom is 0.134 e. The van der Waals surface area contributed by atoms with Gasteiger partial charge in [0, 0.05) is 11.8 Å². The minimum Gasteiger partial charge on any atom is -0.488 e. The average molecular weight is 349 g/mol. The van der Waals surface area contributed by atoms with Crippen molar-refractivity contribution in [2.45, 2.75) is 6.61 Å². The van der Waals surface area contributed by atoms with Gasteiger partial charge in [0.25, 0.3) is 0 Å². The normalized spacial score (nSPS) is 10.7. The lowest BCUT2D eigenvalue weighted by molar-refractivity contribution is 0.304. The molecule has 4 heteroatoms. The van der Waals surface area contributed by atoms with E-state index in [1.807, 2.05) is 24.3 Å². The summed E-state index contributed by atoms with van der Waals surface area (Å²) < 4.78 is 6.81. The van der Waals surface area contributed by atoms with E-state index in [1.165, 1.54) is 5.39 Å². The lowest BCUT2D eigenvalue weighted by Crippen LogP contribution is -1.96. The molecule has 0 N–H and O–H groups in total. The highest BCUT2D eigenvalue weighted by atomic mass is 79.9. The summed E-state index contributed by atoms with van der Waals surface area (Å²) in [5.41, 5.74) is 0.981. The minimum atomic E-state index is 0.459. The zero-order valence-electron chi connectivity index (χ0n) is 10.5. The Morgan fingerprint density at radius 3 is 2.70 bits per heavy atom. The van der Waals surface area contributed by atoms with Crippen molar-refractivity contribution in [2.75, 3.05) is 0 Å². The molecule has 2 nitrogen and oxygen atoms in total. The second kappa shape index (κ2) is 5.81. The van der Waals surface area contributed by atoms with Gasteiger partial charge < -0.3 is 4.74 Å². The molecule has 0 bridgehead atoms. The molecule has 3 rings (SSSR count). The van der Waals surface area contributed by atoms with Crippen LogP contribution in [0.4, 0.5) is 0 Å². The fraction of sp³-hybridized carbons (Fsp3) is 0.0625.